The van der Waals surface area contributed by atoms with Crippen LogP contribution in [0.4, 0.5) is 0 Å². The van der Waals surface area contributed by atoms with Gasteiger partial charge in [-0.3, -0.25) is 0 Å². The Morgan fingerprint density at radius 3 is 2.32 bits per heavy atom. The maximum absolute atomic E-state index is 12.4. The van der Waals surface area contributed by atoms with Crippen molar-refractivity contribution in [3.8, 4) is 0 Å². The highest BCUT2D eigenvalue weighted by Crippen LogP contribution is 2.18. The first kappa shape index (κ1) is 15.0. The first-order valence-electron chi connectivity index (χ1n) is 6.46. The normalized spacial score (nSPS) is 17.8. The van der Waals surface area contributed by atoms with E-state index in [1.165, 1.54) is 4.31 Å². The molecular weight excluding hydrogens is 328 g/mol. The molecule has 19 heavy (non-hydrogen) atoms. The van der Waals surface area contributed by atoms with Gasteiger partial charge in [0.2, 0.25) is 0 Å². The SMILES string of the molecule is CN(Cc1ccc(Br)cc1)S(=O)(=O)N1CCCCC1. The molecule has 1 aliphatic rings. The van der Waals surface area contributed by atoms with Crippen molar-refractivity contribution < 1.29 is 8.42 Å². The largest absolute Gasteiger partial charge is 0.282 e. The fourth-order valence-electron chi connectivity index (χ4n) is 2.22. The highest BCUT2D eigenvalue weighted by molar-refractivity contribution is 9.10. The molecule has 0 aliphatic carbocycles. The van der Waals surface area contributed by atoms with Gasteiger partial charge in [0.05, 0.1) is 0 Å². The van der Waals surface area contributed by atoms with Gasteiger partial charge in [-0.1, -0.05) is 34.5 Å². The summed E-state index contributed by atoms with van der Waals surface area (Å²) in [5, 5.41) is 0. The molecule has 1 heterocycles. The predicted octanol–water partition coefficient (Wildman–Crippen LogP) is 2.61. The molecule has 0 saturated carbocycles. The lowest BCUT2D eigenvalue weighted by molar-refractivity contribution is 0.314. The van der Waals surface area contributed by atoms with Crippen LogP contribution in [0.15, 0.2) is 28.7 Å². The Hall–Kier alpha value is -0.430. The van der Waals surface area contributed by atoms with Gasteiger partial charge < -0.3 is 0 Å². The van der Waals surface area contributed by atoms with Crippen molar-refractivity contribution >= 4 is 26.1 Å². The zero-order valence-corrected chi connectivity index (χ0v) is 13.5. The van der Waals surface area contributed by atoms with Crippen LogP contribution in [0.1, 0.15) is 24.8 Å². The van der Waals surface area contributed by atoms with Crippen LogP contribution in [0.5, 0.6) is 0 Å². The van der Waals surface area contributed by atoms with Gasteiger partial charge in [0.1, 0.15) is 0 Å². The van der Waals surface area contributed by atoms with Gasteiger partial charge in [-0.25, -0.2) is 0 Å². The minimum atomic E-state index is -3.32. The lowest BCUT2D eigenvalue weighted by Crippen LogP contribution is -2.43. The Labute approximate surface area is 123 Å². The maximum atomic E-state index is 12.4. The number of halogens is 1. The summed E-state index contributed by atoms with van der Waals surface area (Å²) in [5.74, 6) is 0. The van der Waals surface area contributed by atoms with Crippen molar-refractivity contribution in [3.63, 3.8) is 0 Å². The molecule has 1 aromatic rings. The molecule has 6 heteroatoms. The third-order valence-corrected chi connectivity index (χ3v) is 5.82. The summed E-state index contributed by atoms with van der Waals surface area (Å²) in [6, 6.07) is 7.73. The molecule has 0 unspecified atom stereocenters. The minimum absolute atomic E-state index is 0.409. The van der Waals surface area contributed by atoms with Gasteiger partial charge in [0, 0.05) is 31.2 Å². The van der Waals surface area contributed by atoms with Crippen LogP contribution >= 0.6 is 15.9 Å². The van der Waals surface area contributed by atoms with Crippen molar-refractivity contribution in [1.82, 2.24) is 8.61 Å². The molecule has 0 amide bonds. The van der Waals surface area contributed by atoms with E-state index in [9.17, 15) is 8.42 Å². The summed E-state index contributed by atoms with van der Waals surface area (Å²) >= 11 is 3.37. The van der Waals surface area contributed by atoms with Crippen LogP contribution in [-0.4, -0.2) is 37.2 Å². The molecule has 1 aliphatic heterocycles. The third kappa shape index (κ3) is 3.78. The molecule has 4 nitrogen and oxygen atoms in total. The van der Waals surface area contributed by atoms with Crippen molar-refractivity contribution in [2.45, 2.75) is 25.8 Å². The molecule has 1 saturated heterocycles. The Balaban J connectivity index is 2.05. The van der Waals surface area contributed by atoms with Crippen LogP contribution < -0.4 is 0 Å². The summed E-state index contributed by atoms with van der Waals surface area (Å²) in [4.78, 5) is 0. The highest BCUT2D eigenvalue weighted by atomic mass is 79.9. The van der Waals surface area contributed by atoms with Crippen LogP contribution in [0.3, 0.4) is 0 Å². The molecule has 0 atom stereocenters. The van der Waals surface area contributed by atoms with Crippen LogP contribution in [-0.2, 0) is 16.8 Å². The first-order valence-corrected chi connectivity index (χ1v) is 8.65. The van der Waals surface area contributed by atoms with E-state index >= 15 is 0 Å². The second-order valence-electron chi connectivity index (χ2n) is 4.85. The Morgan fingerprint density at radius 1 is 1.16 bits per heavy atom. The summed E-state index contributed by atoms with van der Waals surface area (Å²) < 4.78 is 28.8. The zero-order chi connectivity index (χ0) is 13.9. The summed E-state index contributed by atoms with van der Waals surface area (Å²) in [6.07, 6.45) is 3.05. The molecule has 0 radical (unpaired) electrons. The van der Waals surface area contributed by atoms with E-state index in [1.807, 2.05) is 24.3 Å². The summed E-state index contributed by atoms with van der Waals surface area (Å²) in [7, 11) is -1.67. The topological polar surface area (TPSA) is 40.6 Å². The molecule has 1 aromatic carbocycles. The van der Waals surface area contributed by atoms with Gasteiger partial charge in [-0.15, -0.1) is 0 Å². The molecule has 0 N–H and O–H groups in total. The highest BCUT2D eigenvalue weighted by Gasteiger charge is 2.27. The number of hydrogen-bond donors (Lipinski definition) is 0. The van der Waals surface area contributed by atoms with E-state index in [1.54, 1.807) is 11.4 Å². The summed E-state index contributed by atoms with van der Waals surface area (Å²) in [5.41, 5.74) is 0.992. The Kier molecular flexibility index (Phi) is 5.00. The lowest BCUT2D eigenvalue weighted by Gasteiger charge is -2.30. The average Bonchev–Trinajstić information content (AvgIpc) is 2.42. The average molecular weight is 347 g/mol. The fourth-order valence-corrected chi connectivity index (χ4v) is 3.91. The number of benzene rings is 1. The molecule has 0 bridgehead atoms. The zero-order valence-electron chi connectivity index (χ0n) is 11.0. The predicted molar refractivity (Wildman–Crippen MR) is 80.0 cm³/mol. The quantitative estimate of drug-likeness (QED) is 0.840. The van der Waals surface area contributed by atoms with Crippen molar-refractivity contribution in [3.05, 3.63) is 34.3 Å². The molecular formula is C13H19BrN2O2S. The third-order valence-electron chi connectivity index (χ3n) is 3.35. The number of hydrogen-bond acceptors (Lipinski definition) is 2. The fraction of sp³-hybridized carbons (Fsp3) is 0.538. The molecule has 0 spiro atoms. The van der Waals surface area contributed by atoms with Gasteiger partial charge in [-0.05, 0) is 30.5 Å². The molecule has 1 fully saturated rings. The minimum Gasteiger partial charge on any atom is -0.195 e. The van der Waals surface area contributed by atoms with E-state index in [0.29, 0.717) is 19.6 Å². The summed E-state index contributed by atoms with van der Waals surface area (Å²) in [6.45, 7) is 1.70. The van der Waals surface area contributed by atoms with E-state index in [2.05, 4.69) is 15.9 Å². The monoisotopic (exact) mass is 346 g/mol. The number of nitrogens with zero attached hydrogens (tertiary/aromatic N) is 2. The van der Waals surface area contributed by atoms with Gasteiger partial charge in [0.25, 0.3) is 10.2 Å². The van der Waals surface area contributed by atoms with Gasteiger partial charge >= 0.3 is 0 Å². The molecule has 106 valence electrons. The second-order valence-corrected chi connectivity index (χ2v) is 7.80. The Morgan fingerprint density at radius 2 is 1.74 bits per heavy atom. The molecule has 0 aromatic heterocycles. The number of piperidine rings is 1. The van der Waals surface area contributed by atoms with E-state index in [0.717, 1.165) is 29.3 Å². The Bertz CT molecular complexity index is 510. The van der Waals surface area contributed by atoms with Crippen molar-refractivity contribution in [1.29, 1.82) is 0 Å². The van der Waals surface area contributed by atoms with Crippen LogP contribution in [0.25, 0.3) is 0 Å². The van der Waals surface area contributed by atoms with Crippen LogP contribution in [0.2, 0.25) is 0 Å². The van der Waals surface area contributed by atoms with E-state index < -0.39 is 10.2 Å². The second kappa shape index (κ2) is 6.35. The van der Waals surface area contributed by atoms with Gasteiger partial charge in [-0.2, -0.15) is 17.0 Å². The standard InChI is InChI=1S/C13H19BrN2O2S/c1-15(11-12-5-7-13(14)8-6-12)19(17,18)16-9-3-2-4-10-16/h5-8H,2-4,9-11H2,1H3. The first-order chi connectivity index (χ1) is 9.00. The smallest absolute Gasteiger partial charge is 0.195 e. The van der Waals surface area contributed by atoms with Crippen molar-refractivity contribution in [2.24, 2.45) is 0 Å². The van der Waals surface area contributed by atoms with Crippen molar-refractivity contribution in [2.75, 3.05) is 20.1 Å². The molecule has 2 rings (SSSR count). The maximum Gasteiger partial charge on any atom is 0.282 e. The lowest BCUT2D eigenvalue weighted by atomic mass is 10.2. The number of rotatable bonds is 4. The van der Waals surface area contributed by atoms with E-state index in [4.69, 9.17) is 0 Å². The van der Waals surface area contributed by atoms with Gasteiger partial charge in [0.15, 0.2) is 0 Å². The van der Waals surface area contributed by atoms with E-state index in [-0.39, 0.29) is 0 Å². The van der Waals surface area contributed by atoms with Crippen LogP contribution in [0, 0.1) is 0 Å².